The molecule has 204 valence electrons. The van der Waals surface area contributed by atoms with Crippen molar-refractivity contribution in [2.24, 2.45) is 0 Å². The van der Waals surface area contributed by atoms with Crippen LogP contribution in [0.4, 0.5) is 5.82 Å². The Hall–Kier alpha value is -4.44. The molecule has 2 fully saturated rings. The van der Waals surface area contributed by atoms with Crippen molar-refractivity contribution >= 4 is 29.4 Å². The molecule has 40 heavy (non-hydrogen) atoms. The van der Waals surface area contributed by atoms with E-state index in [1.165, 1.54) is 5.56 Å². The van der Waals surface area contributed by atoms with Crippen LogP contribution in [-0.4, -0.2) is 75.6 Å². The number of nitrogens with one attached hydrogen (secondary N) is 1. The predicted octanol–water partition coefficient (Wildman–Crippen LogP) is 1.99. The second-order valence-corrected chi connectivity index (χ2v) is 10.4. The molecule has 2 aromatic carbocycles. The highest BCUT2D eigenvalue weighted by atomic mass is 16.2. The van der Waals surface area contributed by atoms with Gasteiger partial charge in [-0.2, -0.15) is 0 Å². The maximum atomic E-state index is 13.3. The number of piperidine rings is 1. The van der Waals surface area contributed by atoms with Crippen molar-refractivity contribution < 1.29 is 19.2 Å². The van der Waals surface area contributed by atoms with Crippen molar-refractivity contribution in [1.82, 2.24) is 25.1 Å². The van der Waals surface area contributed by atoms with E-state index >= 15 is 0 Å². The van der Waals surface area contributed by atoms with E-state index in [1.54, 1.807) is 30.7 Å². The molecule has 3 aliphatic rings. The topological polar surface area (TPSA) is 116 Å². The first-order valence-corrected chi connectivity index (χ1v) is 13.6. The molecule has 0 radical (unpaired) electrons. The van der Waals surface area contributed by atoms with Crippen LogP contribution in [0.1, 0.15) is 50.2 Å². The fraction of sp³-hybridized carbons (Fsp3) is 0.333. The number of carbonyl (C=O) groups excluding carboxylic acids is 4. The highest BCUT2D eigenvalue weighted by Crippen LogP contribution is 2.30. The number of imide groups is 2. The number of anilines is 1. The Morgan fingerprint density at radius 1 is 0.850 bits per heavy atom. The van der Waals surface area contributed by atoms with E-state index in [4.69, 9.17) is 0 Å². The van der Waals surface area contributed by atoms with Crippen molar-refractivity contribution in [3.8, 4) is 0 Å². The number of hydrogen-bond acceptors (Lipinski definition) is 8. The van der Waals surface area contributed by atoms with Gasteiger partial charge < -0.3 is 4.90 Å². The number of nitrogens with zero attached hydrogens (tertiary/aromatic N) is 5. The second-order valence-electron chi connectivity index (χ2n) is 10.4. The summed E-state index contributed by atoms with van der Waals surface area (Å²) in [5.74, 6) is -0.992. The molecule has 1 unspecified atom stereocenters. The largest absolute Gasteiger partial charge is 0.353 e. The SMILES string of the molecule is O=C1CCC(N2C(=O)c3cccc(CCc4ccc(CN5CCN(c6cnccn6)CC5)cc4)c3C2=O)C(=O)N1. The van der Waals surface area contributed by atoms with Crippen LogP contribution in [-0.2, 0) is 29.0 Å². The number of fused-ring (bicyclic) bond motifs is 1. The van der Waals surface area contributed by atoms with E-state index in [2.05, 4.69) is 49.4 Å². The Kier molecular flexibility index (Phi) is 7.08. The van der Waals surface area contributed by atoms with Gasteiger partial charge in [-0.3, -0.25) is 39.3 Å². The average molecular weight is 539 g/mol. The van der Waals surface area contributed by atoms with Gasteiger partial charge in [0.05, 0.1) is 17.3 Å². The molecule has 3 aromatic rings. The lowest BCUT2D eigenvalue weighted by atomic mass is 9.96. The first-order chi connectivity index (χ1) is 19.5. The summed E-state index contributed by atoms with van der Waals surface area (Å²) in [5, 5.41) is 2.24. The number of rotatable bonds is 7. The zero-order valence-corrected chi connectivity index (χ0v) is 22.1. The standard InChI is InChI=1S/C30H30N6O4/c37-26-11-10-24(28(38)33-26)36-29(39)23-3-1-2-22(27(23)30(36)40)9-8-20-4-6-21(7-5-20)19-34-14-16-35(17-15-34)25-18-31-12-13-32-25/h1-7,12-13,18,24H,8-11,14-17,19H2,(H,33,37,38). The van der Waals surface area contributed by atoms with Gasteiger partial charge in [0, 0.05) is 51.5 Å². The minimum absolute atomic E-state index is 0.103. The number of carbonyl (C=O) groups is 4. The van der Waals surface area contributed by atoms with Crippen molar-refractivity contribution in [3.63, 3.8) is 0 Å². The molecule has 1 N–H and O–H groups in total. The summed E-state index contributed by atoms with van der Waals surface area (Å²) in [6.45, 7) is 4.63. The molecule has 4 amide bonds. The van der Waals surface area contributed by atoms with Crippen LogP contribution >= 0.6 is 0 Å². The molecule has 3 aliphatic heterocycles. The molecule has 6 rings (SSSR count). The molecular weight excluding hydrogens is 508 g/mol. The molecule has 0 saturated carbocycles. The third-order valence-electron chi connectivity index (χ3n) is 7.91. The van der Waals surface area contributed by atoms with Crippen LogP contribution in [0.25, 0.3) is 0 Å². The van der Waals surface area contributed by atoms with Crippen LogP contribution in [0.5, 0.6) is 0 Å². The minimum atomic E-state index is -0.958. The molecule has 0 bridgehead atoms. The van der Waals surface area contributed by atoms with E-state index in [1.807, 2.05) is 6.07 Å². The minimum Gasteiger partial charge on any atom is -0.353 e. The van der Waals surface area contributed by atoms with Gasteiger partial charge in [-0.25, -0.2) is 4.98 Å². The van der Waals surface area contributed by atoms with E-state index in [0.717, 1.165) is 54.6 Å². The predicted molar refractivity (Wildman–Crippen MR) is 146 cm³/mol. The van der Waals surface area contributed by atoms with Gasteiger partial charge in [0.25, 0.3) is 11.8 Å². The molecule has 10 heteroatoms. The van der Waals surface area contributed by atoms with Crippen molar-refractivity contribution in [3.05, 3.63) is 88.9 Å². The number of amides is 4. The van der Waals surface area contributed by atoms with Gasteiger partial charge in [-0.1, -0.05) is 36.4 Å². The fourth-order valence-electron chi connectivity index (χ4n) is 5.73. The summed E-state index contributed by atoms with van der Waals surface area (Å²) in [5.41, 5.74) is 3.87. The Balaban J connectivity index is 1.06. The number of aromatic nitrogens is 2. The zero-order valence-electron chi connectivity index (χ0n) is 22.1. The molecule has 2 saturated heterocycles. The highest BCUT2D eigenvalue weighted by molar-refractivity contribution is 6.24. The Morgan fingerprint density at radius 2 is 1.62 bits per heavy atom. The summed E-state index contributed by atoms with van der Waals surface area (Å²) in [7, 11) is 0. The molecule has 1 atom stereocenters. The smallest absolute Gasteiger partial charge is 0.262 e. The summed E-state index contributed by atoms with van der Waals surface area (Å²) in [6, 6.07) is 12.9. The van der Waals surface area contributed by atoms with Crippen molar-refractivity contribution in [1.29, 1.82) is 0 Å². The fourth-order valence-corrected chi connectivity index (χ4v) is 5.73. The van der Waals surface area contributed by atoms with Crippen molar-refractivity contribution in [2.75, 3.05) is 31.1 Å². The molecule has 4 heterocycles. The Bertz CT molecular complexity index is 1450. The van der Waals surface area contributed by atoms with Crippen LogP contribution in [0.2, 0.25) is 0 Å². The number of benzene rings is 2. The maximum absolute atomic E-state index is 13.3. The van der Waals surface area contributed by atoms with E-state index in [-0.39, 0.29) is 18.7 Å². The van der Waals surface area contributed by atoms with Gasteiger partial charge in [0.1, 0.15) is 11.9 Å². The summed E-state index contributed by atoms with van der Waals surface area (Å²) in [4.78, 5) is 64.6. The van der Waals surface area contributed by atoms with Gasteiger partial charge in [-0.05, 0) is 42.0 Å². The highest BCUT2D eigenvalue weighted by Gasteiger charge is 2.45. The number of piperazine rings is 1. The lowest BCUT2D eigenvalue weighted by Crippen LogP contribution is -2.54. The summed E-state index contributed by atoms with van der Waals surface area (Å²) in [6.07, 6.45) is 6.78. The van der Waals surface area contributed by atoms with Gasteiger partial charge in [0.2, 0.25) is 11.8 Å². The lowest BCUT2D eigenvalue weighted by molar-refractivity contribution is -0.136. The Morgan fingerprint density at radius 3 is 2.35 bits per heavy atom. The second kappa shape index (κ2) is 11.0. The molecular formula is C30H30N6O4. The summed E-state index contributed by atoms with van der Waals surface area (Å²) >= 11 is 0. The van der Waals surface area contributed by atoms with Crippen LogP contribution in [0, 0.1) is 0 Å². The number of hydrogen-bond donors (Lipinski definition) is 1. The monoisotopic (exact) mass is 538 g/mol. The lowest BCUT2D eigenvalue weighted by Gasteiger charge is -2.35. The number of aryl methyl sites for hydroxylation is 2. The average Bonchev–Trinajstić information content (AvgIpc) is 3.23. The zero-order chi connectivity index (χ0) is 27.6. The Labute approximate surface area is 232 Å². The molecule has 10 nitrogen and oxygen atoms in total. The third-order valence-corrected chi connectivity index (χ3v) is 7.91. The van der Waals surface area contributed by atoms with E-state index < -0.39 is 23.8 Å². The molecule has 0 aliphatic carbocycles. The van der Waals surface area contributed by atoms with Crippen LogP contribution < -0.4 is 10.2 Å². The van der Waals surface area contributed by atoms with E-state index in [0.29, 0.717) is 24.0 Å². The quantitative estimate of drug-likeness (QED) is 0.454. The maximum Gasteiger partial charge on any atom is 0.262 e. The normalized spacial score (nSPS) is 19.6. The molecule has 0 spiro atoms. The van der Waals surface area contributed by atoms with Gasteiger partial charge in [-0.15, -0.1) is 0 Å². The van der Waals surface area contributed by atoms with Gasteiger partial charge >= 0.3 is 0 Å². The first-order valence-electron chi connectivity index (χ1n) is 13.6. The van der Waals surface area contributed by atoms with E-state index in [9.17, 15) is 19.2 Å². The summed E-state index contributed by atoms with van der Waals surface area (Å²) < 4.78 is 0. The van der Waals surface area contributed by atoms with Crippen LogP contribution in [0.3, 0.4) is 0 Å². The first kappa shape index (κ1) is 25.8. The van der Waals surface area contributed by atoms with Gasteiger partial charge in [0.15, 0.2) is 0 Å². The third kappa shape index (κ3) is 5.10. The molecule has 1 aromatic heterocycles. The van der Waals surface area contributed by atoms with Crippen LogP contribution in [0.15, 0.2) is 61.1 Å². The van der Waals surface area contributed by atoms with Crippen molar-refractivity contribution in [2.45, 2.75) is 38.3 Å².